The monoisotopic (exact) mass is 754 g/mol. The molecule has 2 heterocycles. The molecule has 3 aromatic carbocycles. The second-order valence-corrected chi connectivity index (χ2v) is 12.6. The van der Waals surface area contributed by atoms with Crippen LogP contribution in [-0.4, -0.2) is 43.4 Å². The largest absolute Gasteiger partial charge is 0.490 e. The van der Waals surface area contributed by atoms with Crippen LogP contribution in [0.2, 0.25) is 5.02 Å². The van der Waals surface area contributed by atoms with Crippen molar-refractivity contribution in [1.82, 2.24) is 4.57 Å². The minimum absolute atomic E-state index is 0.174. The fourth-order valence-corrected chi connectivity index (χ4v) is 6.98. The number of esters is 2. The number of aromatic nitrogens is 1. The molecule has 13 heteroatoms. The maximum absolute atomic E-state index is 14.2. The minimum atomic E-state index is -0.842. The summed E-state index contributed by atoms with van der Waals surface area (Å²) in [5, 5.41) is 0.427. The summed E-state index contributed by atoms with van der Waals surface area (Å²) >= 11 is 11.1. The van der Waals surface area contributed by atoms with E-state index >= 15 is 0 Å². The molecule has 0 aliphatic carbocycles. The predicted octanol–water partition coefficient (Wildman–Crippen LogP) is 5.99. The summed E-state index contributed by atoms with van der Waals surface area (Å²) in [5.74, 6) is 0.482. The van der Waals surface area contributed by atoms with Crippen molar-refractivity contribution in [2.75, 3.05) is 26.9 Å². The van der Waals surface area contributed by atoms with E-state index in [0.717, 1.165) is 16.9 Å². The van der Waals surface area contributed by atoms with Crippen LogP contribution < -0.4 is 29.1 Å². The lowest BCUT2D eigenvalue weighted by molar-refractivity contribution is -0.136. The van der Waals surface area contributed by atoms with Crippen molar-refractivity contribution >= 4 is 56.9 Å². The molecule has 0 spiro atoms. The Morgan fingerprint density at radius 3 is 2.38 bits per heavy atom. The Bertz CT molecular complexity index is 2060. The zero-order valence-electron chi connectivity index (χ0n) is 26.6. The second-order valence-electron chi connectivity index (χ2n) is 10.3. The molecule has 0 bridgehead atoms. The summed E-state index contributed by atoms with van der Waals surface area (Å²) < 4.78 is 30.3. The van der Waals surface area contributed by atoms with Crippen molar-refractivity contribution in [2.45, 2.75) is 33.4 Å². The number of carbonyl (C=O) groups is 2. The van der Waals surface area contributed by atoms with E-state index in [1.54, 1.807) is 67.6 Å². The molecule has 1 aliphatic rings. The van der Waals surface area contributed by atoms with Gasteiger partial charge in [0.25, 0.3) is 5.56 Å². The number of nitrogens with zero attached hydrogens (tertiary/aromatic N) is 2. The van der Waals surface area contributed by atoms with E-state index < -0.39 is 18.0 Å². The third-order valence-corrected chi connectivity index (χ3v) is 8.98. The zero-order chi connectivity index (χ0) is 34.4. The Morgan fingerprint density at radius 1 is 0.958 bits per heavy atom. The molecule has 48 heavy (non-hydrogen) atoms. The van der Waals surface area contributed by atoms with E-state index in [9.17, 15) is 14.4 Å². The quantitative estimate of drug-likeness (QED) is 0.162. The molecule has 250 valence electrons. The topological polar surface area (TPSA) is 115 Å². The lowest BCUT2D eigenvalue weighted by atomic mass is 9.97. The van der Waals surface area contributed by atoms with Gasteiger partial charge in [-0.3, -0.25) is 9.36 Å². The molecule has 0 saturated carbocycles. The van der Waals surface area contributed by atoms with E-state index in [0.29, 0.717) is 72.6 Å². The molecule has 0 saturated heterocycles. The molecule has 0 amide bonds. The lowest BCUT2D eigenvalue weighted by Gasteiger charge is -2.23. The predicted molar refractivity (Wildman–Crippen MR) is 186 cm³/mol. The van der Waals surface area contributed by atoms with Gasteiger partial charge < -0.3 is 23.7 Å². The summed E-state index contributed by atoms with van der Waals surface area (Å²) in [6.07, 6.45) is 3.11. The first-order valence-electron chi connectivity index (χ1n) is 15.1. The second kappa shape index (κ2) is 15.7. The van der Waals surface area contributed by atoms with Gasteiger partial charge in [0.05, 0.1) is 53.1 Å². The van der Waals surface area contributed by atoms with Crippen molar-refractivity contribution in [3.63, 3.8) is 0 Å². The summed E-state index contributed by atoms with van der Waals surface area (Å²) in [4.78, 5) is 44.0. The highest BCUT2D eigenvalue weighted by Crippen LogP contribution is 2.36. The molecule has 4 aromatic rings. The van der Waals surface area contributed by atoms with Crippen molar-refractivity contribution in [2.24, 2.45) is 4.99 Å². The normalized spacial score (nSPS) is 14.0. The molecule has 0 N–H and O–H groups in total. The maximum Gasteiger partial charge on any atom is 0.338 e. The number of hydrogen-bond acceptors (Lipinski definition) is 10. The van der Waals surface area contributed by atoms with Crippen molar-refractivity contribution in [3.8, 4) is 17.2 Å². The molecule has 10 nitrogen and oxygen atoms in total. The first-order chi connectivity index (χ1) is 23.2. The van der Waals surface area contributed by atoms with Crippen LogP contribution in [0.3, 0.4) is 0 Å². The molecule has 1 aromatic heterocycles. The molecular weight excluding hydrogens is 724 g/mol. The smallest absolute Gasteiger partial charge is 0.338 e. The van der Waals surface area contributed by atoms with Crippen molar-refractivity contribution < 1.29 is 33.3 Å². The number of methoxy groups -OCH3 is 1. The average molecular weight is 756 g/mol. The average Bonchev–Trinajstić information content (AvgIpc) is 3.39. The van der Waals surface area contributed by atoms with Crippen LogP contribution in [0.5, 0.6) is 17.2 Å². The van der Waals surface area contributed by atoms with Gasteiger partial charge in [-0.15, -0.1) is 0 Å². The molecule has 0 unspecified atom stereocenters. The van der Waals surface area contributed by atoms with E-state index in [-0.39, 0.29) is 17.7 Å². The first-order valence-corrected chi connectivity index (χ1v) is 17.0. The van der Waals surface area contributed by atoms with E-state index in [1.807, 2.05) is 13.8 Å². The Hall–Kier alpha value is -4.39. The van der Waals surface area contributed by atoms with E-state index in [4.69, 9.17) is 35.3 Å². The maximum atomic E-state index is 14.2. The van der Waals surface area contributed by atoms with Crippen LogP contribution in [0.15, 0.2) is 80.6 Å². The van der Waals surface area contributed by atoms with Gasteiger partial charge in [-0.2, -0.15) is 0 Å². The van der Waals surface area contributed by atoms with Crippen LogP contribution in [0.1, 0.15) is 53.9 Å². The van der Waals surface area contributed by atoms with Crippen molar-refractivity contribution in [3.05, 3.63) is 118 Å². The Kier molecular flexibility index (Phi) is 11.4. The molecular formula is C35H32BrClN2O8S. The minimum Gasteiger partial charge on any atom is -0.490 e. The van der Waals surface area contributed by atoms with Gasteiger partial charge in [0.15, 0.2) is 16.3 Å². The van der Waals surface area contributed by atoms with E-state index in [1.165, 1.54) is 17.9 Å². The standard InChI is InChI=1S/C35H32BrClN2O8S/c1-5-44-27-13-12-22(15-28(27)45-6-2)30-25(34(42)43-4)18-38-35-39(30)32(40)29(48-35)16-23-14-24(37)17-26(36)31(23)47-19-20-8-10-21(11-9-20)33(41)46-7-3/h8-18,30H,5-7,19H2,1-4H3/b29-16+/t30-/m0/s1. The number of carbonyl (C=O) groups excluding carboxylic acids is 2. The lowest BCUT2D eigenvalue weighted by Crippen LogP contribution is -2.39. The number of ether oxygens (including phenoxy) is 5. The molecule has 1 aliphatic heterocycles. The van der Waals surface area contributed by atoms with Crippen LogP contribution in [-0.2, 0) is 20.9 Å². The number of rotatable bonds is 12. The number of halogens is 2. The van der Waals surface area contributed by atoms with Gasteiger partial charge >= 0.3 is 11.9 Å². The first kappa shape index (κ1) is 34.9. The van der Waals surface area contributed by atoms with E-state index in [2.05, 4.69) is 20.9 Å². The third kappa shape index (κ3) is 7.51. The number of benzene rings is 3. The molecule has 0 radical (unpaired) electrons. The summed E-state index contributed by atoms with van der Waals surface area (Å²) in [7, 11) is 1.28. The molecule has 5 rings (SSSR count). The fourth-order valence-electron chi connectivity index (χ4n) is 5.08. The SMILES string of the molecule is CCOC(=O)c1ccc(COc2c(Br)cc(Cl)cc2/C=c2/sc3n(c2=O)[C@@H](c2ccc(OCC)c(OCC)c2)C(C(=O)OC)=CN=3)cc1. The number of hydrogen-bond donors (Lipinski definition) is 0. The molecule has 1 atom stereocenters. The van der Waals surface area contributed by atoms with Gasteiger partial charge in [-0.1, -0.05) is 41.1 Å². The van der Waals surface area contributed by atoms with Gasteiger partial charge in [0, 0.05) is 16.8 Å². The number of fused-ring (bicyclic) bond motifs is 1. The van der Waals surface area contributed by atoms with Gasteiger partial charge in [0.1, 0.15) is 12.4 Å². The van der Waals surface area contributed by atoms with Gasteiger partial charge in [-0.05, 0) is 90.3 Å². The third-order valence-electron chi connectivity index (χ3n) is 7.18. The van der Waals surface area contributed by atoms with Crippen LogP contribution >= 0.6 is 38.9 Å². The number of thiazole rings is 1. The van der Waals surface area contributed by atoms with Crippen LogP contribution in [0, 0.1) is 0 Å². The highest BCUT2D eigenvalue weighted by Gasteiger charge is 2.31. The van der Waals surface area contributed by atoms with Crippen molar-refractivity contribution in [1.29, 1.82) is 0 Å². The molecule has 0 fully saturated rings. The van der Waals surface area contributed by atoms with Crippen LogP contribution in [0.4, 0.5) is 0 Å². The Labute approximate surface area is 294 Å². The Morgan fingerprint density at radius 2 is 1.69 bits per heavy atom. The summed E-state index contributed by atoms with van der Waals surface area (Å²) in [6, 6.07) is 14.8. The van der Waals surface area contributed by atoms with Gasteiger partial charge in [0.2, 0.25) is 0 Å². The Balaban J connectivity index is 1.56. The van der Waals surface area contributed by atoms with Gasteiger partial charge in [-0.25, -0.2) is 14.6 Å². The summed E-state index contributed by atoms with van der Waals surface area (Å²) in [5.41, 5.74) is 2.23. The zero-order valence-corrected chi connectivity index (χ0v) is 29.7. The highest BCUT2D eigenvalue weighted by molar-refractivity contribution is 9.10. The summed E-state index contributed by atoms with van der Waals surface area (Å²) in [6.45, 7) is 6.78. The van der Waals surface area contributed by atoms with Crippen LogP contribution in [0.25, 0.3) is 6.08 Å². The highest BCUT2D eigenvalue weighted by atomic mass is 79.9. The fraction of sp³-hybridized carbons (Fsp3) is 0.257.